The maximum absolute atomic E-state index is 12.6. The number of nitrogens with one attached hydrogen (secondary N) is 2. The van der Waals surface area contributed by atoms with E-state index in [1.54, 1.807) is 12.1 Å². The Kier molecular flexibility index (Phi) is 6.58. The van der Waals surface area contributed by atoms with E-state index in [2.05, 4.69) is 15.6 Å². The number of carbonyl (C=O) groups excluding carboxylic acids is 2. The summed E-state index contributed by atoms with van der Waals surface area (Å²) < 4.78 is 0. The van der Waals surface area contributed by atoms with Gasteiger partial charge in [0.2, 0.25) is 0 Å². The third-order valence-corrected chi connectivity index (χ3v) is 5.09. The Labute approximate surface area is 160 Å². The number of amides is 2. The van der Waals surface area contributed by atoms with Gasteiger partial charge in [0.05, 0.1) is 0 Å². The molecule has 1 heterocycles. The molecule has 5 nitrogen and oxygen atoms in total. The van der Waals surface area contributed by atoms with Gasteiger partial charge in [-0.3, -0.25) is 14.6 Å². The van der Waals surface area contributed by atoms with E-state index in [4.69, 9.17) is 0 Å². The summed E-state index contributed by atoms with van der Waals surface area (Å²) in [5.74, 6) is -0.438. The highest BCUT2D eigenvalue weighted by Gasteiger charge is 2.17. The molecule has 2 aromatic rings. The molecule has 2 N–H and O–H groups in total. The van der Waals surface area contributed by atoms with Crippen molar-refractivity contribution < 1.29 is 9.59 Å². The van der Waals surface area contributed by atoms with Crippen LogP contribution in [-0.2, 0) is 6.42 Å². The van der Waals surface area contributed by atoms with Gasteiger partial charge in [0.1, 0.15) is 5.69 Å². The summed E-state index contributed by atoms with van der Waals surface area (Å²) in [4.78, 5) is 29.3. The zero-order chi connectivity index (χ0) is 19.1. The summed E-state index contributed by atoms with van der Waals surface area (Å²) >= 11 is 0. The molecule has 1 aromatic carbocycles. The van der Waals surface area contributed by atoms with Gasteiger partial charge in [0.25, 0.3) is 11.8 Å². The molecule has 0 spiro atoms. The van der Waals surface area contributed by atoms with Crippen molar-refractivity contribution in [3.05, 3.63) is 59.4 Å². The van der Waals surface area contributed by atoms with Crippen LogP contribution in [0.3, 0.4) is 0 Å². The van der Waals surface area contributed by atoms with Crippen LogP contribution in [0.4, 0.5) is 5.69 Å². The first-order chi connectivity index (χ1) is 13.2. The highest BCUT2D eigenvalue weighted by molar-refractivity contribution is 6.05. The molecule has 1 aromatic heterocycles. The van der Waals surface area contributed by atoms with E-state index >= 15 is 0 Å². The molecule has 0 saturated heterocycles. The molecule has 0 radical (unpaired) electrons. The molecule has 5 heteroatoms. The van der Waals surface area contributed by atoms with Gasteiger partial charge >= 0.3 is 0 Å². The molecule has 2 amide bonds. The van der Waals surface area contributed by atoms with Crippen molar-refractivity contribution in [3.63, 3.8) is 0 Å². The number of benzene rings is 1. The average Bonchev–Trinajstić information content (AvgIpc) is 2.97. The quantitative estimate of drug-likeness (QED) is 0.774. The lowest BCUT2D eigenvalue weighted by molar-refractivity contribution is 0.0933. The highest BCUT2D eigenvalue weighted by Crippen LogP contribution is 2.18. The summed E-state index contributed by atoms with van der Waals surface area (Å²) in [5.41, 5.74) is 2.56. The Hall–Kier alpha value is -2.69. The summed E-state index contributed by atoms with van der Waals surface area (Å²) in [5, 5.41) is 6.01. The number of anilines is 1. The molecule has 1 fully saturated rings. The minimum absolute atomic E-state index is 0.132. The third-order valence-electron chi connectivity index (χ3n) is 5.09. The van der Waals surface area contributed by atoms with Gasteiger partial charge < -0.3 is 10.6 Å². The van der Waals surface area contributed by atoms with Gasteiger partial charge in [-0.05, 0) is 43.0 Å². The zero-order valence-corrected chi connectivity index (χ0v) is 15.8. The number of para-hydroxylation sites is 1. The van der Waals surface area contributed by atoms with Gasteiger partial charge in [0.15, 0.2) is 0 Å². The first-order valence-electron chi connectivity index (χ1n) is 9.83. The van der Waals surface area contributed by atoms with Crippen LogP contribution in [0.2, 0.25) is 0 Å². The van der Waals surface area contributed by atoms with Crippen LogP contribution in [0.5, 0.6) is 0 Å². The molecule has 0 atom stereocenters. The number of rotatable bonds is 5. The molecule has 1 saturated carbocycles. The molecule has 0 aliphatic heterocycles. The van der Waals surface area contributed by atoms with Crippen molar-refractivity contribution >= 4 is 17.5 Å². The van der Waals surface area contributed by atoms with E-state index in [1.165, 1.54) is 19.0 Å². The van der Waals surface area contributed by atoms with Gasteiger partial charge in [-0.1, -0.05) is 50.8 Å². The number of pyridine rings is 1. The summed E-state index contributed by atoms with van der Waals surface area (Å²) in [6.07, 6.45) is 9.19. The van der Waals surface area contributed by atoms with Crippen molar-refractivity contribution in [2.75, 3.05) is 5.32 Å². The fraction of sp³-hybridized carbons (Fsp3) is 0.409. The Balaban J connectivity index is 1.68. The Morgan fingerprint density at radius 3 is 2.52 bits per heavy atom. The molecule has 1 aliphatic carbocycles. The Morgan fingerprint density at radius 2 is 1.78 bits per heavy atom. The maximum atomic E-state index is 12.6. The van der Waals surface area contributed by atoms with Crippen molar-refractivity contribution in [1.82, 2.24) is 10.3 Å². The topological polar surface area (TPSA) is 71.1 Å². The number of aromatic nitrogens is 1. The Morgan fingerprint density at radius 1 is 1.04 bits per heavy atom. The smallest absolute Gasteiger partial charge is 0.274 e. The predicted octanol–water partition coefficient (Wildman–Crippen LogP) is 4.35. The van der Waals surface area contributed by atoms with E-state index < -0.39 is 0 Å². The van der Waals surface area contributed by atoms with E-state index in [-0.39, 0.29) is 23.6 Å². The highest BCUT2D eigenvalue weighted by atomic mass is 16.2. The van der Waals surface area contributed by atoms with Gasteiger partial charge in [0, 0.05) is 23.5 Å². The average molecular weight is 365 g/mol. The van der Waals surface area contributed by atoms with Crippen LogP contribution in [-0.4, -0.2) is 22.8 Å². The lowest BCUT2D eigenvalue weighted by Gasteiger charge is -2.16. The van der Waals surface area contributed by atoms with Crippen molar-refractivity contribution in [3.8, 4) is 0 Å². The molecular formula is C22H27N3O2. The fourth-order valence-corrected chi connectivity index (χ4v) is 3.53. The van der Waals surface area contributed by atoms with Gasteiger partial charge in [-0.15, -0.1) is 0 Å². The maximum Gasteiger partial charge on any atom is 0.274 e. The second-order valence-electron chi connectivity index (χ2n) is 7.06. The van der Waals surface area contributed by atoms with Crippen molar-refractivity contribution in [2.24, 2.45) is 0 Å². The largest absolute Gasteiger partial charge is 0.349 e. The molecular weight excluding hydrogens is 338 g/mol. The van der Waals surface area contributed by atoms with Gasteiger partial charge in [-0.25, -0.2) is 0 Å². The van der Waals surface area contributed by atoms with Gasteiger partial charge in [-0.2, -0.15) is 0 Å². The van der Waals surface area contributed by atoms with E-state index in [1.807, 2.05) is 31.2 Å². The SMILES string of the molecule is CCc1ccccc1NC(=O)c1cc(C(=O)NC2CCCCCC2)ccn1. The summed E-state index contributed by atoms with van der Waals surface area (Å²) in [6, 6.07) is 11.1. The second kappa shape index (κ2) is 9.31. The van der Waals surface area contributed by atoms with Crippen LogP contribution in [0, 0.1) is 0 Å². The zero-order valence-electron chi connectivity index (χ0n) is 15.8. The Bertz CT molecular complexity index is 796. The van der Waals surface area contributed by atoms with E-state index in [0.29, 0.717) is 5.56 Å². The standard InChI is InChI=1S/C22H27N3O2/c1-2-16-9-7-8-12-19(16)25-22(27)20-15-17(13-14-23-20)21(26)24-18-10-5-3-4-6-11-18/h7-9,12-15,18H,2-6,10-11H2,1H3,(H,24,26)(H,25,27). The van der Waals surface area contributed by atoms with Crippen molar-refractivity contribution in [1.29, 1.82) is 0 Å². The first-order valence-corrected chi connectivity index (χ1v) is 9.83. The fourth-order valence-electron chi connectivity index (χ4n) is 3.53. The normalized spacial score (nSPS) is 15.0. The number of nitrogens with zero attached hydrogens (tertiary/aromatic N) is 1. The third kappa shape index (κ3) is 5.16. The molecule has 142 valence electrons. The first kappa shape index (κ1) is 19.1. The minimum atomic E-state index is -0.306. The number of aryl methyl sites for hydroxylation is 1. The minimum Gasteiger partial charge on any atom is -0.349 e. The molecule has 0 unspecified atom stereocenters. The van der Waals surface area contributed by atoms with Crippen LogP contribution in [0.25, 0.3) is 0 Å². The molecule has 3 rings (SSSR count). The predicted molar refractivity (Wildman–Crippen MR) is 107 cm³/mol. The van der Waals surface area contributed by atoms with Crippen LogP contribution < -0.4 is 10.6 Å². The number of hydrogen-bond acceptors (Lipinski definition) is 3. The van der Waals surface area contributed by atoms with E-state index in [9.17, 15) is 9.59 Å². The lowest BCUT2D eigenvalue weighted by Crippen LogP contribution is -2.34. The lowest BCUT2D eigenvalue weighted by atomic mass is 10.1. The molecule has 1 aliphatic rings. The monoisotopic (exact) mass is 365 g/mol. The second-order valence-corrected chi connectivity index (χ2v) is 7.06. The van der Waals surface area contributed by atoms with Crippen LogP contribution in [0.15, 0.2) is 42.6 Å². The molecule has 27 heavy (non-hydrogen) atoms. The van der Waals surface area contributed by atoms with Crippen molar-refractivity contribution in [2.45, 2.75) is 57.9 Å². The van der Waals surface area contributed by atoms with Crippen LogP contribution >= 0.6 is 0 Å². The van der Waals surface area contributed by atoms with Crippen LogP contribution in [0.1, 0.15) is 71.9 Å². The summed E-state index contributed by atoms with van der Waals surface area (Å²) in [7, 11) is 0. The number of carbonyl (C=O) groups is 2. The van der Waals surface area contributed by atoms with E-state index in [0.717, 1.165) is 43.4 Å². The summed E-state index contributed by atoms with van der Waals surface area (Å²) in [6.45, 7) is 2.04. The molecule has 0 bridgehead atoms. The number of hydrogen-bond donors (Lipinski definition) is 2.